The molecule has 0 radical (unpaired) electrons. The van der Waals surface area contributed by atoms with Crippen molar-refractivity contribution in [3.63, 3.8) is 0 Å². The smallest absolute Gasteiger partial charge is 0.244 e. The van der Waals surface area contributed by atoms with Gasteiger partial charge in [0, 0.05) is 13.1 Å². The zero-order valence-electron chi connectivity index (χ0n) is 11.8. The van der Waals surface area contributed by atoms with Crippen molar-refractivity contribution in [1.29, 1.82) is 0 Å². The van der Waals surface area contributed by atoms with Crippen LogP contribution in [0, 0.1) is 5.92 Å². The van der Waals surface area contributed by atoms with Crippen LogP contribution in [0.5, 0.6) is 0 Å². The third-order valence-electron chi connectivity index (χ3n) is 2.32. The van der Waals surface area contributed by atoms with Crippen molar-refractivity contribution in [1.82, 2.24) is 20.1 Å². The Bertz CT molecular complexity index is 339. The Kier molecular flexibility index (Phi) is 6.35. The van der Waals surface area contributed by atoms with Crippen molar-refractivity contribution in [2.45, 2.75) is 20.3 Å². The van der Waals surface area contributed by atoms with Gasteiger partial charge in [0.15, 0.2) is 5.82 Å². The van der Waals surface area contributed by atoms with E-state index in [1.165, 1.54) is 0 Å². The van der Waals surface area contributed by atoms with Gasteiger partial charge in [0.05, 0.1) is 6.20 Å². The maximum Gasteiger partial charge on any atom is 0.244 e. The van der Waals surface area contributed by atoms with Gasteiger partial charge in [-0.05, 0) is 33.0 Å². The molecular weight excluding hydrogens is 228 g/mol. The highest BCUT2D eigenvalue weighted by Crippen LogP contribution is 2.04. The zero-order valence-corrected chi connectivity index (χ0v) is 11.8. The van der Waals surface area contributed by atoms with Crippen LogP contribution in [0.4, 0.5) is 11.8 Å². The Hall–Kier alpha value is -1.43. The quantitative estimate of drug-likeness (QED) is 0.680. The lowest BCUT2D eigenvalue weighted by Gasteiger charge is -2.10. The summed E-state index contributed by atoms with van der Waals surface area (Å²) in [6, 6.07) is 0. The van der Waals surface area contributed by atoms with E-state index >= 15 is 0 Å². The van der Waals surface area contributed by atoms with E-state index in [4.69, 9.17) is 0 Å². The molecule has 0 saturated carbocycles. The minimum absolute atomic E-state index is 0.580. The van der Waals surface area contributed by atoms with E-state index in [-0.39, 0.29) is 0 Å². The van der Waals surface area contributed by atoms with Crippen molar-refractivity contribution in [3.05, 3.63) is 6.20 Å². The molecule has 0 aliphatic rings. The third-order valence-corrected chi connectivity index (χ3v) is 2.32. The van der Waals surface area contributed by atoms with Crippen LogP contribution in [0.15, 0.2) is 6.20 Å². The molecule has 1 aromatic heterocycles. The second kappa shape index (κ2) is 7.81. The lowest BCUT2D eigenvalue weighted by atomic mass is 10.2. The standard InChI is InChI=1S/C12H24N6/c1-10(2)8-14-11-9-15-17-12(16-11)13-6-5-7-18(3)4/h9-10H,5-8H2,1-4H3,(H2,13,14,16,17). The molecule has 1 rings (SSSR count). The summed E-state index contributed by atoms with van der Waals surface area (Å²) in [5.41, 5.74) is 0. The summed E-state index contributed by atoms with van der Waals surface area (Å²) in [4.78, 5) is 6.51. The number of anilines is 2. The van der Waals surface area contributed by atoms with Crippen LogP contribution in [-0.2, 0) is 0 Å². The molecule has 0 bridgehead atoms. The largest absolute Gasteiger partial charge is 0.368 e. The van der Waals surface area contributed by atoms with Gasteiger partial charge in [0.2, 0.25) is 5.95 Å². The molecule has 0 aromatic carbocycles. The van der Waals surface area contributed by atoms with E-state index in [1.54, 1.807) is 6.20 Å². The number of rotatable bonds is 8. The van der Waals surface area contributed by atoms with Crippen LogP contribution in [0.2, 0.25) is 0 Å². The number of nitrogens with zero attached hydrogens (tertiary/aromatic N) is 4. The average molecular weight is 252 g/mol. The molecule has 0 saturated heterocycles. The summed E-state index contributed by atoms with van der Waals surface area (Å²) in [6.45, 7) is 7.10. The molecule has 6 nitrogen and oxygen atoms in total. The topological polar surface area (TPSA) is 66.0 Å². The fourth-order valence-corrected chi connectivity index (χ4v) is 1.37. The first kappa shape index (κ1) is 14.6. The Morgan fingerprint density at radius 2 is 2.06 bits per heavy atom. The molecule has 0 atom stereocenters. The van der Waals surface area contributed by atoms with E-state index in [0.717, 1.165) is 31.9 Å². The predicted molar refractivity (Wildman–Crippen MR) is 74.8 cm³/mol. The zero-order chi connectivity index (χ0) is 13.4. The van der Waals surface area contributed by atoms with Crippen LogP contribution < -0.4 is 10.6 Å². The summed E-state index contributed by atoms with van der Waals surface area (Å²) in [5, 5.41) is 14.3. The SMILES string of the molecule is CC(C)CNc1cnnc(NCCCN(C)C)n1. The highest BCUT2D eigenvalue weighted by Gasteiger charge is 2.01. The minimum atomic E-state index is 0.580. The van der Waals surface area contributed by atoms with Crippen molar-refractivity contribution in [3.8, 4) is 0 Å². The fraction of sp³-hybridized carbons (Fsp3) is 0.750. The number of aromatic nitrogens is 3. The van der Waals surface area contributed by atoms with Crippen LogP contribution in [-0.4, -0.2) is 53.8 Å². The summed E-state index contributed by atoms with van der Waals surface area (Å²) in [7, 11) is 4.13. The maximum atomic E-state index is 4.35. The van der Waals surface area contributed by atoms with Crippen molar-refractivity contribution < 1.29 is 0 Å². The molecule has 0 fully saturated rings. The van der Waals surface area contributed by atoms with Gasteiger partial charge in [-0.1, -0.05) is 13.8 Å². The first-order valence-electron chi connectivity index (χ1n) is 6.40. The van der Waals surface area contributed by atoms with Gasteiger partial charge in [-0.3, -0.25) is 0 Å². The molecule has 0 aliphatic heterocycles. The molecule has 0 aliphatic carbocycles. The molecule has 0 spiro atoms. The van der Waals surface area contributed by atoms with E-state index in [2.05, 4.69) is 58.7 Å². The predicted octanol–water partition coefficient (Wildman–Crippen LogP) is 1.30. The van der Waals surface area contributed by atoms with Gasteiger partial charge in [0.1, 0.15) is 0 Å². The van der Waals surface area contributed by atoms with Gasteiger partial charge >= 0.3 is 0 Å². The molecule has 0 unspecified atom stereocenters. The first-order valence-corrected chi connectivity index (χ1v) is 6.40. The van der Waals surface area contributed by atoms with E-state index < -0.39 is 0 Å². The summed E-state index contributed by atoms with van der Waals surface area (Å²) in [5.74, 6) is 1.94. The third kappa shape index (κ3) is 6.34. The highest BCUT2D eigenvalue weighted by atomic mass is 15.3. The molecule has 18 heavy (non-hydrogen) atoms. The maximum absolute atomic E-state index is 4.35. The van der Waals surface area contributed by atoms with E-state index in [0.29, 0.717) is 11.9 Å². The molecule has 0 amide bonds. The van der Waals surface area contributed by atoms with E-state index in [1.807, 2.05) is 0 Å². The highest BCUT2D eigenvalue weighted by molar-refractivity contribution is 5.36. The molecular formula is C12H24N6. The normalized spacial score (nSPS) is 11.0. The van der Waals surface area contributed by atoms with Gasteiger partial charge in [-0.25, -0.2) is 0 Å². The second-order valence-corrected chi connectivity index (χ2v) is 5.02. The van der Waals surface area contributed by atoms with Crippen LogP contribution >= 0.6 is 0 Å². The van der Waals surface area contributed by atoms with Crippen LogP contribution in [0.3, 0.4) is 0 Å². The monoisotopic (exact) mass is 252 g/mol. The Morgan fingerprint density at radius 1 is 1.28 bits per heavy atom. The first-order chi connectivity index (χ1) is 8.58. The van der Waals surface area contributed by atoms with Gasteiger partial charge in [-0.15, -0.1) is 5.10 Å². The Labute approximate surface area is 109 Å². The molecule has 2 N–H and O–H groups in total. The van der Waals surface area contributed by atoms with Gasteiger partial charge in [0.25, 0.3) is 0 Å². The van der Waals surface area contributed by atoms with Crippen molar-refractivity contribution in [2.75, 3.05) is 44.4 Å². The Balaban J connectivity index is 2.34. The number of hydrogen-bond acceptors (Lipinski definition) is 6. The molecule has 6 heteroatoms. The molecule has 1 aromatic rings. The lowest BCUT2D eigenvalue weighted by molar-refractivity contribution is 0.405. The van der Waals surface area contributed by atoms with Crippen LogP contribution in [0.25, 0.3) is 0 Å². The summed E-state index contributed by atoms with van der Waals surface area (Å²) in [6.07, 6.45) is 2.70. The number of nitrogens with one attached hydrogen (secondary N) is 2. The van der Waals surface area contributed by atoms with E-state index in [9.17, 15) is 0 Å². The minimum Gasteiger partial charge on any atom is -0.368 e. The molecule has 1 heterocycles. The summed E-state index contributed by atoms with van der Waals surface area (Å²) >= 11 is 0. The second-order valence-electron chi connectivity index (χ2n) is 5.02. The van der Waals surface area contributed by atoms with Crippen molar-refractivity contribution in [2.24, 2.45) is 5.92 Å². The van der Waals surface area contributed by atoms with Crippen molar-refractivity contribution >= 4 is 11.8 Å². The average Bonchev–Trinajstić information content (AvgIpc) is 2.32. The lowest BCUT2D eigenvalue weighted by Crippen LogP contribution is -2.17. The Morgan fingerprint density at radius 3 is 2.72 bits per heavy atom. The summed E-state index contributed by atoms with van der Waals surface area (Å²) < 4.78 is 0. The number of hydrogen-bond donors (Lipinski definition) is 2. The fourth-order valence-electron chi connectivity index (χ4n) is 1.37. The van der Waals surface area contributed by atoms with Crippen LogP contribution in [0.1, 0.15) is 20.3 Å². The van der Waals surface area contributed by atoms with Gasteiger partial charge in [-0.2, -0.15) is 10.1 Å². The molecule has 102 valence electrons. The van der Waals surface area contributed by atoms with Gasteiger partial charge < -0.3 is 15.5 Å².